The molecule has 1 aromatic heterocycles. The first-order valence-corrected chi connectivity index (χ1v) is 19.2. The first-order chi connectivity index (χ1) is 24.0. The summed E-state index contributed by atoms with van der Waals surface area (Å²) in [5.41, 5.74) is 1.27. The molecule has 1 aliphatic heterocycles. The van der Waals surface area contributed by atoms with Crippen LogP contribution in [0.25, 0.3) is 10.8 Å². The number of ether oxygens (including phenoxy) is 2. The zero-order chi connectivity index (χ0) is 35.8. The average molecular weight is 723 g/mol. The number of benzene rings is 3. The Morgan fingerprint density at radius 3 is 2.60 bits per heavy atom. The first-order valence-electron chi connectivity index (χ1n) is 16.9. The van der Waals surface area contributed by atoms with Crippen molar-refractivity contribution < 1.29 is 32.6 Å². The van der Waals surface area contributed by atoms with E-state index in [0.717, 1.165) is 35.0 Å². The number of urea groups is 1. The first kappa shape index (κ1) is 37.3. The number of aliphatic hydroxyl groups excluding tert-OH is 1. The molecule has 0 unspecified atom stereocenters. The van der Waals surface area contributed by atoms with E-state index in [0.29, 0.717) is 30.2 Å². The van der Waals surface area contributed by atoms with Crippen LogP contribution < -0.4 is 15.4 Å². The highest BCUT2D eigenvalue weighted by atomic mass is 32.2. The van der Waals surface area contributed by atoms with E-state index in [9.17, 15) is 23.1 Å². The fraction of sp³-hybridized carbons (Fsp3) is 0.405. The van der Waals surface area contributed by atoms with Crippen molar-refractivity contribution in [1.29, 1.82) is 0 Å². The fourth-order valence-electron chi connectivity index (χ4n) is 6.00. The normalized spacial score (nSPS) is 20.1. The topological polar surface area (TPSA) is 138 Å². The summed E-state index contributed by atoms with van der Waals surface area (Å²) in [5, 5.41) is 19.6. The molecule has 5 rings (SSSR count). The SMILES string of the molecule is C[C@H](CO)N1C[C@H](C)[C@@H](CN(C)S(=O)(=O)c2cccs2)OCCCC[C@H](C)Oc2ccc(NC(=O)Nc3cccc4ccccc34)cc2C1=O. The van der Waals surface area contributed by atoms with Gasteiger partial charge in [-0.3, -0.25) is 4.79 Å². The summed E-state index contributed by atoms with van der Waals surface area (Å²) < 4.78 is 40.7. The second-order valence-electron chi connectivity index (χ2n) is 12.8. The number of amides is 3. The minimum Gasteiger partial charge on any atom is -0.490 e. The monoisotopic (exact) mass is 722 g/mol. The molecule has 0 saturated carbocycles. The minimum atomic E-state index is -3.72. The molecule has 0 aliphatic carbocycles. The Balaban J connectivity index is 1.42. The van der Waals surface area contributed by atoms with E-state index in [-0.39, 0.29) is 41.5 Å². The number of thiophene rings is 1. The van der Waals surface area contributed by atoms with Crippen molar-refractivity contribution in [3.63, 3.8) is 0 Å². The number of sulfonamides is 1. The molecule has 0 fully saturated rings. The van der Waals surface area contributed by atoms with E-state index in [1.54, 1.807) is 47.5 Å². The van der Waals surface area contributed by atoms with Crippen LogP contribution >= 0.6 is 11.3 Å². The number of hydrogen-bond acceptors (Lipinski definition) is 8. The number of rotatable bonds is 8. The third-order valence-corrected chi connectivity index (χ3v) is 12.1. The van der Waals surface area contributed by atoms with Crippen molar-refractivity contribution in [2.75, 3.05) is 44.0 Å². The third-order valence-electron chi connectivity index (χ3n) is 8.94. The van der Waals surface area contributed by atoms with E-state index in [2.05, 4.69) is 10.6 Å². The number of nitrogens with zero attached hydrogens (tertiary/aromatic N) is 2. The summed E-state index contributed by atoms with van der Waals surface area (Å²) in [6.45, 7) is 5.99. The van der Waals surface area contributed by atoms with Gasteiger partial charge >= 0.3 is 6.03 Å². The molecule has 11 nitrogen and oxygen atoms in total. The Kier molecular flexibility index (Phi) is 12.5. The van der Waals surface area contributed by atoms with Gasteiger partial charge in [-0.1, -0.05) is 49.4 Å². The van der Waals surface area contributed by atoms with Gasteiger partial charge < -0.3 is 30.1 Å². The summed E-state index contributed by atoms with van der Waals surface area (Å²) in [6.07, 6.45) is 1.50. The number of hydrogen-bond donors (Lipinski definition) is 3. The Morgan fingerprint density at radius 2 is 1.84 bits per heavy atom. The number of aliphatic hydroxyl groups is 1. The van der Waals surface area contributed by atoms with Gasteiger partial charge in [-0.05, 0) is 74.2 Å². The Hall–Kier alpha value is -4.01. The molecule has 0 bridgehead atoms. The van der Waals surface area contributed by atoms with E-state index in [1.807, 2.05) is 56.3 Å². The highest BCUT2D eigenvalue weighted by molar-refractivity contribution is 7.91. The van der Waals surface area contributed by atoms with Crippen molar-refractivity contribution in [1.82, 2.24) is 9.21 Å². The summed E-state index contributed by atoms with van der Waals surface area (Å²) in [7, 11) is -2.19. The maximum absolute atomic E-state index is 14.4. The van der Waals surface area contributed by atoms with Gasteiger partial charge in [0, 0.05) is 43.7 Å². The van der Waals surface area contributed by atoms with Gasteiger partial charge in [-0.2, -0.15) is 4.31 Å². The Labute approximate surface area is 298 Å². The van der Waals surface area contributed by atoms with Crippen molar-refractivity contribution in [2.24, 2.45) is 5.92 Å². The highest BCUT2D eigenvalue weighted by Gasteiger charge is 2.32. The summed E-state index contributed by atoms with van der Waals surface area (Å²) in [6, 6.07) is 20.6. The predicted molar refractivity (Wildman–Crippen MR) is 198 cm³/mol. The third kappa shape index (κ3) is 9.01. The van der Waals surface area contributed by atoms with E-state index >= 15 is 0 Å². The number of fused-ring (bicyclic) bond motifs is 2. The van der Waals surface area contributed by atoms with Crippen LogP contribution in [-0.4, -0.2) is 86.3 Å². The van der Waals surface area contributed by atoms with E-state index < -0.39 is 34.1 Å². The number of carbonyl (C=O) groups excluding carboxylic acids is 2. The van der Waals surface area contributed by atoms with Gasteiger partial charge in [0.05, 0.1) is 36.1 Å². The summed E-state index contributed by atoms with van der Waals surface area (Å²) in [4.78, 5) is 29.2. The molecule has 268 valence electrons. The van der Waals surface area contributed by atoms with Crippen molar-refractivity contribution in [3.05, 3.63) is 83.7 Å². The van der Waals surface area contributed by atoms with Gasteiger partial charge in [-0.15, -0.1) is 11.3 Å². The molecule has 3 aromatic carbocycles. The lowest BCUT2D eigenvalue weighted by Crippen LogP contribution is -2.48. The van der Waals surface area contributed by atoms with Crippen LogP contribution in [0.3, 0.4) is 0 Å². The van der Waals surface area contributed by atoms with Gasteiger partial charge in [-0.25, -0.2) is 13.2 Å². The van der Waals surface area contributed by atoms with Crippen LogP contribution in [0.5, 0.6) is 5.75 Å². The molecule has 0 saturated heterocycles. The van der Waals surface area contributed by atoms with Crippen LogP contribution in [0.1, 0.15) is 50.4 Å². The predicted octanol–water partition coefficient (Wildman–Crippen LogP) is 6.66. The highest BCUT2D eigenvalue weighted by Crippen LogP contribution is 2.30. The molecular weight excluding hydrogens is 677 g/mol. The molecule has 0 radical (unpaired) electrons. The van der Waals surface area contributed by atoms with Crippen molar-refractivity contribution in [3.8, 4) is 5.75 Å². The maximum atomic E-state index is 14.4. The lowest BCUT2D eigenvalue weighted by molar-refractivity contribution is -0.00832. The Bertz CT molecular complexity index is 1860. The zero-order valence-electron chi connectivity index (χ0n) is 28.9. The molecule has 1 aliphatic rings. The smallest absolute Gasteiger partial charge is 0.323 e. The van der Waals surface area contributed by atoms with Gasteiger partial charge in [0.15, 0.2) is 0 Å². The largest absolute Gasteiger partial charge is 0.490 e. The number of carbonyl (C=O) groups is 2. The second kappa shape index (κ2) is 16.8. The quantitative estimate of drug-likeness (QED) is 0.185. The zero-order valence-corrected chi connectivity index (χ0v) is 30.5. The molecule has 3 amide bonds. The van der Waals surface area contributed by atoms with Gasteiger partial charge in [0.25, 0.3) is 15.9 Å². The lowest BCUT2D eigenvalue weighted by Gasteiger charge is -2.35. The molecule has 0 spiro atoms. The van der Waals surface area contributed by atoms with Crippen LogP contribution in [0, 0.1) is 5.92 Å². The van der Waals surface area contributed by atoms with E-state index in [1.165, 1.54) is 11.4 Å². The molecule has 4 aromatic rings. The summed E-state index contributed by atoms with van der Waals surface area (Å²) >= 11 is 1.16. The number of anilines is 2. The number of nitrogens with one attached hydrogen (secondary N) is 2. The lowest BCUT2D eigenvalue weighted by atomic mass is 10.0. The summed E-state index contributed by atoms with van der Waals surface area (Å²) in [5.74, 6) is -0.334. The molecule has 2 heterocycles. The van der Waals surface area contributed by atoms with Crippen LogP contribution in [0.4, 0.5) is 16.2 Å². The van der Waals surface area contributed by atoms with Gasteiger partial charge in [0.2, 0.25) is 0 Å². The minimum absolute atomic E-state index is 0.0902. The Morgan fingerprint density at radius 1 is 1.06 bits per heavy atom. The number of likely N-dealkylation sites (N-methyl/N-ethyl adjacent to an activating group) is 1. The molecule has 4 atom stereocenters. The molecule has 13 heteroatoms. The van der Waals surface area contributed by atoms with Crippen molar-refractivity contribution in [2.45, 2.75) is 62.5 Å². The van der Waals surface area contributed by atoms with E-state index in [4.69, 9.17) is 9.47 Å². The van der Waals surface area contributed by atoms with Crippen LogP contribution in [-0.2, 0) is 14.8 Å². The van der Waals surface area contributed by atoms with Crippen LogP contribution in [0.15, 0.2) is 82.4 Å². The van der Waals surface area contributed by atoms with Gasteiger partial charge in [0.1, 0.15) is 9.96 Å². The van der Waals surface area contributed by atoms with Crippen LogP contribution in [0.2, 0.25) is 0 Å². The molecular formula is C37H46N4O7S2. The fourth-order valence-corrected chi connectivity index (χ4v) is 8.38. The molecule has 3 N–H and O–H groups in total. The second-order valence-corrected chi connectivity index (χ2v) is 16.1. The molecule has 50 heavy (non-hydrogen) atoms. The average Bonchev–Trinajstić information content (AvgIpc) is 3.66. The maximum Gasteiger partial charge on any atom is 0.323 e. The standard InChI is InChI=1S/C37H46N4O7S2/c1-25-22-41(26(2)24-42)36(43)31-21-29(38-37(44)39-32-15-9-13-28-12-5-6-14-30(28)32)17-18-33(31)48-27(3)11-7-8-19-47-34(25)23-40(4)50(45,46)35-16-10-20-49-35/h5-6,9-10,12-18,20-21,25-27,34,42H,7-8,11,19,22-24H2,1-4H3,(H2,38,39,44)/t25-,26+,27-,34+/m0/s1. The van der Waals surface area contributed by atoms with Crippen molar-refractivity contribution >= 4 is 55.4 Å².